The van der Waals surface area contributed by atoms with E-state index in [-0.39, 0.29) is 24.4 Å². The van der Waals surface area contributed by atoms with Crippen LogP contribution in [0.15, 0.2) is 4.34 Å². The Morgan fingerprint density at radius 3 is 2.71 bits per heavy atom. The van der Waals surface area contributed by atoms with Crippen LogP contribution in [0.3, 0.4) is 0 Å². The van der Waals surface area contributed by atoms with Crippen molar-refractivity contribution in [2.45, 2.75) is 49.6 Å². The zero-order valence-corrected chi connectivity index (χ0v) is 18.1. The van der Waals surface area contributed by atoms with Gasteiger partial charge in [-0.1, -0.05) is 23.1 Å². The maximum Gasteiger partial charge on any atom is 0.341 e. The molecule has 1 unspecified atom stereocenters. The molecule has 2 amide bonds. The van der Waals surface area contributed by atoms with Crippen LogP contribution in [0.1, 0.15) is 48.0 Å². The molecule has 150 valence electrons. The fraction of sp³-hybridized carbons (Fsp3) is 0.471. The summed E-state index contributed by atoms with van der Waals surface area (Å²) in [4.78, 5) is 37.3. The van der Waals surface area contributed by atoms with Crippen LogP contribution in [0.2, 0.25) is 0 Å². The number of hydrogen-bond donors (Lipinski definition) is 2. The predicted octanol–water partition coefficient (Wildman–Crippen LogP) is 3.34. The molecule has 28 heavy (non-hydrogen) atoms. The number of thiophene rings is 1. The second-order valence-corrected chi connectivity index (χ2v) is 9.76. The summed E-state index contributed by atoms with van der Waals surface area (Å²) in [7, 11) is 0. The van der Waals surface area contributed by atoms with Crippen molar-refractivity contribution in [2.24, 2.45) is 0 Å². The van der Waals surface area contributed by atoms with Gasteiger partial charge in [-0.05, 0) is 38.7 Å². The molecule has 2 N–H and O–H groups in total. The van der Waals surface area contributed by atoms with Gasteiger partial charge < -0.3 is 15.4 Å². The lowest BCUT2D eigenvalue weighted by Crippen LogP contribution is -2.23. The number of carbonyl (C=O) groups excluding carboxylic acids is 3. The van der Waals surface area contributed by atoms with E-state index in [1.165, 1.54) is 41.4 Å². The zero-order chi connectivity index (χ0) is 20.3. The first-order valence-electron chi connectivity index (χ1n) is 8.79. The van der Waals surface area contributed by atoms with Gasteiger partial charge in [-0.25, -0.2) is 4.79 Å². The molecule has 1 atom stereocenters. The Kier molecular flexibility index (Phi) is 6.68. The minimum Gasteiger partial charge on any atom is -0.462 e. The highest BCUT2D eigenvalue weighted by molar-refractivity contribution is 8.02. The highest BCUT2D eigenvalue weighted by Gasteiger charge is 2.29. The third-order valence-corrected chi connectivity index (χ3v) is 7.20. The molecule has 11 heteroatoms. The number of aryl methyl sites for hydroxylation is 1. The molecule has 0 radical (unpaired) electrons. The van der Waals surface area contributed by atoms with Gasteiger partial charge in [-0.15, -0.1) is 21.5 Å². The lowest BCUT2D eigenvalue weighted by Gasteiger charge is -2.11. The van der Waals surface area contributed by atoms with Crippen LogP contribution in [0.25, 0.3) is 0 Å². The van der Waals surface area contributed by atoms with Crippen LogP contribution >= 0.6 is 34.4 Å². The maximum atomic E-state index is 12.7. The molecule has 1 aliphatic carbocycles. The third-order valence-electron chi connectivity index (χ3n) is 3.97. The molecule has 2 heterocycles. The molecule has 0 fully saturated rings. The summed E-state index contributed by atoms with van der Waals surface area (Å²) >= 11 is 3.90. The van der Waals surface area contributed by atoms with Crippen molar-refractivity contribution in [3.8, 4) is 0 Å². The minimum absolute atomic E-state index is 0.226. The molecular formula is C17H20N4O4S3. The van der Waals surface area contributed by atoms with Gasteiger partial charge in [0.1, 0.15) is 5.00 Å². The van der Waals surface area contributed by atoms with Crippen LogP contribution in [-0.4, -0.2) is 39.8 Å². The number of nitrogens with zero attached hydrogens (tertiary/aromatic N) is 2. The average molecular weight is 441 g/mol. The summed E-state index contributed by atoms with van der Waals surface area (Å²) in [5, 5.41) is 13.8. The van der Waals surface area contributed by atoms with E-state index in [0.717, 1.165) is 29.7 Å². The summed E-state index contributed by atoms with van der Waals surface area (Å²) in [6.45, 7) is 5.20. The Hall–Kier alpha value is -1.98. The van der Waals surface area contributed by atoms with Crippen molar-refractivity contribution in [1.82, 2.24) is 10.2 Å². The van der Waals surface area contributed by atoms with Crippen LogP contribution in [0, 0.1) is 0 Å². The van der Waals surface area contributed by atoms with Gasteiger partial charge in [0, 0.05) is 11.8 Å². The molecule has 3 rings (SSSR count). The first-order chi connectivity index (χ1) is 13.4. The van der Waals surface area contributed by atoms with E-state index < -0.39 is 5.25 Å². The van der Waals surface area contributed by atoms with Gasteiger partial charge in [0.05, 0.1) is 17.4 Å². The average Bonchev–Trinajstić information content (AvgIpc) is 3.30. The number of esters is 1. The highest BCUT2D eigenvalue weighted by Crippen LogP contribution is 2.40. The van der Waals surface area contributed by atoms with Crippen LogP contribution in [0.5, 0.6) is 0 Å². The molecule has 0 spiro atoms. The van der Waals surface area contributed by atoms with Gasteiger partial charge in [0.15, 0.2) is 4.34 Å². The molecular weight excluding hydrogens is 420 g/mol. The van der Waals surface area contributed by atoms with E-state index in [4.69, 9.17) is 4.74 Å². The van der Waals surface area contributed by atoms with Gasteiger partial charge in [0.2, 0.25) is 16.9 Å². The van der Waals surface area contributed by atoms with Crippen LogP contribution in [-0.2, 0) is 27.2 Å². The lowest BCUT2D eigenvalue weighted by atomic mass is 10.1. The topological polar surface area (TPSA) is 110 Å². The summed E-state index contributed by atoms with van der Waals surface area (Å²) in [6.07, 6.45) is 2.77. The molecule has 1 aliphatic rings. The molecule has 8 nitrogen and oxygen atoms in total. The SMILES string of the molecule is CCOC(=O)c1c(NC(=O)C(C)Sc2nnc(NC(C)=O)s2)sc2c1CCC2. The number of aromatic nitrogens is 2. The first kappa shape index (κ1) is 20.7. The molecule has 0 aliphatic heterocycles. The largest absolute Gasteiger partial charge is 0.462 e. The second-order valence-electron chi connectivity index (χ2n) is 6.09. The smallest absolute Gasteiger partial charge is 0.341 e. The predicted molar refractivity (Wildman–Crippen MR) is 110 cm³/mol. The fourth-order valence-electron chi connectivity index (χ4n) is 2.79. The summed E-state index contributed by atoms with van der Waals surface area (Å²) < 4.78 is 5.76. The Labute approximate surface area is 174 Å². The molecule has 2 aromatic rings. The van der Waals surface area contributed by atoms with Crippen molar-refractivity contribution >= 4 is 62.4 Å². The van der Waals surface area contributed by atoms with Crippen molar-refractivity contribution in [1.29, 1.82) is 0 Å². The second kappa shape index (κ2) is 9.01. The number of fused-ring (bicyclic) bond motifs is 1. The standard InChI is InChI=1S/C17H20N4O4S3/c1-4-25-15(24)12-10-6-5-7-11(10)27-14(12)19-13(23)8(2)26-17-21-20-16(28-17)18-9(3)22/h8H,4-7H2,1-3H3,(H,19,23)(H,18,20,22). The van der Waals surface area contributed by atoms with Crippen LogP contribution < -0.4 is 10.6 Å². The summed E-state index contributed by atoms with van der Waals surface area (Å²) in [5.41, 5.74) is 1.50. The number of carbonyl (C=O) groups is 3. The Balaban J connectivity index is 1.69. The third kappa shape index (κ3) is 4.70. The number of anilines is 2. The first-order valence-corrected chi connectivity index (χ1v) is 11.3. The van der Waals surface area contributed by atoms with Gasteiger partial charge >= 0.3 is 5.97 Å². The van der Waals surface area contributed by atoms with Crippen molar-refractivity contribution in [3.63, 3.8) is 0 Å². The number of nitrogens with one attached hydrogen (secondary N) is 2. The molecule has 2 aromatic heterocycles. The number of amides is 2. The van der Waals surface area contributed by atoms with E-state index in [2.05, 4.69) is 20.8 Å². The Morgan fingerprint density at radius 2 is 2.00 bits per heavy atom. The van der Waals surface area contributed by atoms with Crippen LogP contribution in [0.4, 0.5) is 10.1 Å². The number of ether oxygens (including phenoxy) is 1. The normalized spacial score (nSPS) is 13.7. The fourth-order valence-corrected chi connectivity index (χ4v) is 6.01. The van der Waals surface area contributed by atoms with E-state index in [1.54, 1.807) is 13.8 Å². The summed E-state index contributed by atoms with van der Waals surface area (Å²) in [6, 6.07) is 0. The number of rotatable bonds is 7. The van der Waals surface area contributed by atoms with Gasteiger partial charge in [0.25, 0.3) is 0 Å². The minimum atomic E-state index is -0.454. The highest BCUT2D eigenvalue weighted by atomic mass is 32.2. The quantitative estimate of drug-likeness (QED) is 0.386. The van der Waals surface area contributed by atoms with Crippen molar-refractivity contribution < 1.29 is 19.1 Å². The molecule has 0 aromatic carbocycles. The Morgan fingerprint density at radius 1 is 1.21 bits per heavy atom. The van der Waals surface area contributed by atoms with E-state index in [1.807, 2.05) is 0 Å². The van der Waals surface area contributed by atoms with Gasteiger partial charge in [-0.2, -0.15) is 0 Å². The van der Waals surface area contributed by atoms with E-state index >= 15 is 0 Å². The number of thioether (sulfide) groups is 1. The van der Waals surface area contributed by atoms with E-state index in [0.29, 0.717) is 20.0 Å². The monoisotopic (exact) mass is 440 g/mol. The van der Waals surface area contributed by atoms with E-state index in [9.17, 15) is 14.4 Å². The lowest BCUT2D eigenvalue weighted by molar-refractivity contribution is -0.115. The summed E-state index contributed by atoms with van der Waals surface area (Å²) in [5.74, 6) is -0.843. The van der Waals surface area contributed by atoms with Crippen molar-refractivity contribution in [3.05, 3.63) is 16.0 Å². The van der Waals surface area contributed by atoms with Crippen molar-refractivity contribution in [2.75, 3.05) is 17.2 Å². The molecule has 0 bridgehead atoms. The zero-order valence-electron chi connectivity index (χ0n) is 15.7. The molecule has 0 saturated carbocycles. The van der Waals surface area contributed by atoms with Gasteiger partial charge in [-0.3, -0.25) is 9.59 Å². The molecule has 0 saturated heterocycles. The number of hydrogen-bond acceptors (Lipinski definition) is 9. The Bertz CT molecular complexity index is 908. The maximum absolute atomic E-state index is 12.7.